The van der Waals surface area contributed by atoms with Gasteiger partial charge in [-0.1, -0.05) is 157 Å². The first-order chi connectivity index (χ1) is 49.7. The SMILES string of the molecule is CCCCCCc1ccsc1-c1ccc(-c2ccc(-c3sc(CCCc4cc(CCCCCC)c(-c5ccc(-c6ccc(-c7sc(-c8cc(CCCCCC)c(-c9ccc(-c%10ccc(-c%11sc(C=O)cc%11CCCCCC)s%10)s9)s8)cc7CCCCCC)s6)s5)s4)cc3CCCCCC)s2)s1. The number of carbonyl (C=O) groups excluding carboxylic acids is 1. The van der Waals surface area contributed by atoms with E-state index in [2.05, 4.69) is 179 Å². The number of carbonyl (C=O) groups is 1. The van der Waals surface area contributed by atoms with Gasteiger partial charge in [-0.25, -0.2) is 0 Å². The van der Waals surface area contributed by atoms with Crippen molar-refractivity contribution < 1.29 is 4.79 Å². The topological polar surface area (TPSA) is 17.1 Å². The van der Waals surface area contributed by atoms with Crippen LogP contribution in [0.3, 0.4) is 0 Å². The molecule has 0 saturated carbocycles. The summed E-state index contributed by atoms with van der Waals surface area (Å²) >= 11 is 23.7. The Labute approximate surface area is 654 Å². The van der Waals surface area contributed by atoms with Crippen LogP contribution in [0, 0.1) is 0 Å². The van der Waals surface area contributed by atoms with Crippen LogP contribution in [0.1, 0.15) is 255 Å². The number of thiophene rings is 12. The maximum Gasteiger partial charge on any atom is 0.160 e. The van der Waals surface area contributed by atoms with Crippen LogP contribution in [0.4, 0.5) is 0 Å². The van der Waals surface area contributed by atoms with Crippen LogP contribution < -0.4 is 0 Å². The van der Waals surface area contributed by atoms with Crippen molar-refractivity contribution in [3.8, 4) is 97.5 Å². The molecule has 0 spiro atoms. The van der Waals surface area contributed by atoms with E-state index < -0.39 is 0 Å². The summed E-state index contributed by atoms with van der Waals surface area (Å²) in [6.07, 6.45) is 42.0. The van der Waals surface area contributed by atoms with E-state index in [0.717, 1.165) is 43.3 Å². The summed E-state index contributed by atoms with van der Waals surface area (Å²) in [5.74, 6) is 0. The van der Waals surface area contributed by atoms with Gasteiger partial charge in [0.05, 0.1) is 4.88 Å². The van der Waals surface area contributed by atoms with Crippen LogP contribution in [0.2, 0.25) is 0 Å². The third-order valence-electron chi connectivity index (χ3n) is 19.6. The normalized spacial score (nSPS) is 11.8. The molecule has 0 N–H and O–H groups in total. The van der Waals surface area contributed by atoms with Crippen molar-refractivity contribution in [1.82, 2.24) is 0 Å². The Morgan fingerprint density at radius 3 is 0.832 bits per heavy atom. The molecule has 0 radical (unpaired) electrons. The fourth-order valence-corrected chi connectivity index (χ4v) is 28.2. The molecule has 1 nitrogen and oxygen atoms in total. The molecule has 12 heterocycles. The van der Waals surface area contributed by atoms with E-state index in [9.17, 15) is 4.79 Å². The van der Waals surface area contributed by atoms with Crippen LogP contribution in [0.5, 0.6) is 0 Å². The van der Waals surface area contributed by atoms with Crippen molar-refractivity contribution in [3.05, 3.63) is 163 Å². The minimum Gasteiger partial charge on any atom is -0.297 e. The first-order valence-electron chi connectivity index (χ1n) is 38.5. The van der Waals surface area contributed by atoms with Gasteiger partial charge in [-0.15, -0.1) is 136 Å². The highest BCUT2D eigenvalue weighted by Gasteiger charge is 2.24. The summed E-state index contributed by atoms with van der Waals surface area (Å²) in [6, 6.07) is 43.7. The molecule has 101 heavy (non-hydrogen) atoms. The maximum absolute atomic E-state index is 12.0. The second kappa shape index (κ2) is 39.6. The molecule has 0 unspecified atom stereocenters. The summed E-state index contributed by atoms with van der Waals surface area (Å²) in [6.45, 7) is 13.9. The Morgan fingerprint density at radius 1 is 0.228 bits per heavy atom. The molecule has 0 aliphatic heterocycles. The van der Waals surface area contributed by atoms with E-state index in [4.69, 9.17) is 0 Å². The molecule has 0 aliphatic rings. The zero-order chi connectivity index (χ0) is 69.7. The van der Waals surface area contributed by atoms with Crippen LogP contribution in [0.15, 0.2) is 115 Å². The number of unbranched alkanes of at least 4 members (excludes halogenated alkanes) is 18. The Hall–Kier alpha value is -3.93. The number of hydrogen-bond donors (Lipinski definition) is 0. The monoisotopic (exact) mass is 1560 g/mol. The lowest BCUT2D eigenvalue weighted by Gasteiger charge is -2.02. The van der Waals surface area contributed by atoms with Gasteiger partial charge in [0.2, 0.25) is 0 Å². The van der Waals surface area contributed by atoms with Crippen LogP contribution in [-0.2, 0) is 51.4 Å². The van der Waals surface area contributed by atoms with Crippen LogP contribution in [-0.4, -0.2) is 6.29 Å². The average molecular weight is 1560 g/mol. The standard InChI is InChI=1S/C88H104OS12/c1-7-13-19-25-32-60-52-53-90-83(60)75-46-40-69(94-75)70-41-47-76(95-70)84-61(33-26-20-14-8-2)54-66(91-84)38-31-39-67-55-62(34-27-21-15-9-3)85(92-67)77-48-42-71(96-77)73-44-50-79(98-73)87-64(36-29-23-17-11-5)57-81(100-87)82-58-65(37-30-24-18-12-6)88(101-82)80-51-45-74(99-80)72-43-49-78(97-72)86-63(35-28-22-16-10-4)56-68(59-89)93-86/h40-59H,7-39H2,1-6H3. The largest absolute Gasteiger partial charge is 0.297 e. The highest BCUT2D eigenvalue weighted by Crippen LogP contribution is 2.52. The van der Waals surface area contributed by atoms with Crippen LogP contribution in [0.25, 0.3) is 97.5 Å². The van der Waals surface area contributed by atoms with E-state index in [0.29, 0.717) is 0 Å². The number of aldehydes is 1. The predicted molar refractivity (Wildman–Crippen MR) is 466 cm³/mol. The van der Waals surface area contributed by atoms with Crippen molar-refractivity contribution in [1.29, 1.82) is 0 Å². The fraction of sp³-hybridized carbons (Fsp3) is 0.443. The molecule has 0 aromatic carbocycles. The van der Waals surface area contributed by atoms with Gasteiger partial charge < -0.3 is 0 Å². The molecule has 0 fully saturated rings. The quantitative estimate of drug-likeness (QED) is 0.0275. The zero-order valence-corrected chi connectivity index (χ0v) is 70.5. The highest BCUT2D eigenvalue weighted by molar-refractivity contribution is 7.32. The second-order valence-corrected chi connectivity index (χ2v) is 40.5. The molecule has 0 saturated heterocycles. The average Bonchev–Trinajstić information content (AvgIpc) is 1.63. The molecule has 0 aliphatic carbocycles. The van der Waals surface area contributed by atoms with Crippen molar-refractivity contribution in [2.45, 2.75) is 253 Å². The van der Waals surface area contributed by atoms with Gasteiger partial charge in [-0.3, -0.25) is 4.79 Å². The summed E-state index contributed by atoms with van der Waals surface area (Å²) in [5.41, 5.74) is 9.06. The van der Waals surface area contributed by atoms with E-state index in [1.54, 1.807) is 32.2 Å². The molecule has 0 bridgehead atoms. The molecule has 534 valence electrons. The lowest BCUT2D eigenvalue weighted by molar-refractivity contribution is 0.112. The minimum absolute atomic E-state index is 0.841. The first-order valence-corrected chi connectivity index (χ1v) is 48.4. The Morgan fingerprint density at radius 2 is 0.505 bits per heavy atom. The van der Waals surface area contributed by atoms with E-state index in [-0.39, 0.29) is 0 Å². The molecule has 12 aromatic rings. The number of rotatable bonds is 45. The number of aryl methyl sites for hydroxylation is 8. The van der Waals surface area contributed by atoms with Gasteiger partial charge in [0.15, 0.2) is 6.29 Å². The summed E-state index contributed by atoms with van der Waals surface area (Å²) in [7, 11) is 0. The molecule has 12 aromatic heterocycles. The van der Waals surface area contributed by atoms with Crippen LogP contribution >= 0.6 is 136 Å². The predicted octanol–water partition coefficient (Wildman–Crippen LogP) is 33.8. The van der Waals surface area contributed by atoms with Gasteiger partial charge >= 0.3 is 0 Å². The lowest BCUT2D eigenvalue weighted by atomic mass is 10.0. The van der Waals surface area contributed by atoms with Crippen molar-refractivity contribution in [2.75, 3.05) is 0 Å². The van der Waals surface area contributed by atoms with E-state index in [1.807, 2.05) is 102 Å². The van der Waals surface area contributed by atoms with Gasteiger partial charge in [0.25, 0.3) is 0 Å². The summed E-state index contributed by atoms with van der Waals surface area (Å²) in [4.78, 5) is 44.2. The minimum atomic E-state index is 0.841. The van der Waals surface area contributed by atoms with Gasteiger partial charge in [-0.05, 0) is 244 Å². The van der Waals surface area contributed by atoms with Crippen molar-refractivity contribution in [2.24, 2.45) is 0 Å². The summed E-state index contributed by atoms with van der Waals surface area (Å²) < 4.78 is 0. The summed E-state index contributed by atoms with van der Waals surface area (Å²) in [5, 5.41) is 2.30. The Balaban J connectivity index is 0.754. The van der Waals surface area contributed by atoms with Gasteiger partial charge in [-0.2, -0.15) is 0 Å². The first kappa shape index (κ1) is 76.7. The molecule has 0 amide bonds. The molecular weight excluding hydrogens is 1460 g/mol. The molecule has 0 atom stereocenters. The fourth-order valence-electron chi connectivity index (χ4n) is 14.0. The molecule has 12 rings (SSSR count). The van der Waals surface area contributed by atoms with Crippen molar-refractivity contribution in [3.63, 3.8) is 0 Å². The van der Waals surface area contributed by atoms with Gasteiger partial charge in [0, 0.05) is 107 Å². The smallest absolute Gasteiger partial charge is 0.160 e. The van der Waals surface area contributed by atoms with Gasteiger partial charge in [0.1, 0.15) is 0 Å². The van der Waals surface area contributed by atoms with E-state index >= 15 is 0 Å². The van der Waals surface area contributed by atoms with Crippen molar-refractivity contribution >= 4 is 142 Å². The third kappa shape index (κ3) is 20.4. The second-order valence-electron chi connectivity index (χ2n) is 27.7. The molecular formula is C88H104OS12. The lowest BCUT2D eigenvalue weighted by Crippen LogP contribution is -1.87. The number of hydrogen-bond acceptors (Lipinski definition) is 13. The van der Waals surface area contributed by atoms with E-state index in [1.165, 1.54) is 300 Å². The highest BCUT2D eigenvalue weighted by atomic mass is 32.1. The third-order valence-corrected chi connectivity index (χ3v) is 34.9. The Kier molecular flexibility index (Phi) is 30.1. The zero-order valence-electron chi connectivity index (χ0n) is 60.7. The Bertz CT molecular complexity index is 4440. The molecule has 13 heteroatoms. The maximum atomic E-state index is 12.0.